The molecule has 0 aliphatic heterocycles. The maximum absolute atomic E-state index is 11.8. The SMILES string of the molecule is CCNC(=O)C(C)NC(=O)c1cc(Cl)nc(Cl)c1. The molecule has 0 spiro atoms. The normalized spacial score (nSPS) is 11.8. The lowest BCUT2D eigenvalue weighted by molar-refractivity contribution is -0.122. The van der Waals surface area contributed by atoms with Crippen molar-refractivity contribution in [2.75, 3.05) is 6.54 Å². The first-order valence-corrected chi connectivity index (χ1v) is 6.11. The molecule has 0 aliphatic rings. The zero-order valence-corrected chi connectivity index (χ0v) is 11.5. The average Bonchev–Trinajstić information content (AvgIpc) is 2.27. The molecule has 18 heavy (non-hydrogen) atoms. The average molecular weight is 290 g/mol. The molecular weight excluding hydrogens is 277 g/mol. The van der Waals surface area contributed by atoms with Gasteiger partial charge in [-0.1, -0.05) is 23.2 Å². The number of aromatic nitrogens is 1. The third-order valence-electron chi connectivity index (χ3n) is 2.12. The third-order valence-corrected chi connectivity index (χ3v) is 2.50. The summed E-state index contributed by atoms with van der Waals surface area (Å²) in [4.78, 5) is 27.0. The molecule has 0 bridgehead atoms. The number of nitrogens with one attached hydrogen (secondary N) is 2. The fraction of sp³-hybridized carbons (Fsp3) is 0.364. The van der Waals surface area contributed by atoms with Crippen molar-refractivity contribution in [3.05, 3.63) is 28.0 Å². The second kappa shape index (κ2) is 6.56. The highest BCUT2D eigenvalue weighted by Gasteiger charge is 2.16. The predicted octanol–water partition coefficient (Wildman–Crippen LogP) is 1.64. The number of carbonyl (C=O) groups is 2. The molecule has 1 heterocycles. The van der Waals surface area contributed by atoms with Gasteiger partial charge in [-0.15, -0.1) is 0 Å². The molecule has 0 fully saturated rings. The maximum atomic E-state index is 11.8. The summed E-state index contributed by atoms with van der Waals surface area (Å²) >= 11 is 11.4. The first-order chi connectivity index (χ1) is 8.43. The molecule has 2 amide bonds. The van der Waals surface area contributed by atoms with E-state index in [1.54, 1.807) is 13.8 Å². The second-order valence-electron chi connectivity index (χ2n) is 3.59. The van der Waals surface area contributed by atoms with Gasteiger partial charge in [-0.2, -0.15) is 0 Å². The summed E-state index contributed by atoms with van der Waals surface area (Å²) in [6.07, 6.45) is 0. The van der Waals surface area contributed by atoms with E-state index in [9.17, 15) is 9.59 Å². The van der Waals surface area contributed by atoms with E-state index in [0.29, 0.717) is 6.54 Å². The number of rotatable bonds is 4. The lowest BCUT2D eigenvalue weighted by Crippen LogP contribution is -2.44. The molecule has 0 radical (unpaired) electrons. The molecular formula is C11H13Cl2N3O2. The van der Waals surface area contributed by atoms with Gasteiger partial charge in [-0.05, 0) is 26.0 Å². The summed E-state index contributed by atoms with van der Waals surface area (Å²) in [5.74, 6) is -0.683. The van der Waals surface area contributed by atoms with Crippen LogP contribution in [0.25, 0.3) is 0 Å². The van der Waals surface area contributed by atoms with Gasteiger partial charge in [-0.25, -0.2) is 4.98 Å². The van der Waals surface area contributed by atoms with Crippen LogP contribution in [0.3, 0.4) is 0 Å². The van der Waals surface area contributed by atoms with E-state index in [4.69, 9.17) is 23.2 Å². The lowest BCUT2D eigenvalue weighted by atomic mass is 10.2. The molecule has 1 rings (SSSR count). The Labute approximate surface area is 115 Å². The van der Waals surface area contributed by atoms with Crippen LogP contribution in [0.4, 0.5) is 0 Å². The van der Waals surface area contributed by atoms with Gasteiger partial charge < -0.3 is 10.6 Å². The highest BCUT2D eigenvalue weighted by molar-refractivity contribution is 6.33. The van der Waals surface area contributed by atoms with Crippen LogP contribution in [-0.2, 0) is 4.79 Å². The van der Waals surface area contributed by atoms with Crippen LogP contribution in [0.1, 0.15) is 24.2 Å². The largest absolute Gasteiger partial charge is 0.355 e. The zero-order chi connectivity index (χ0) is 13.7. The fourth-order valence-electron chi connectivity index (χ4n) is 1.27. The van der Waals surface area contributed by atoms with Crippen molar-refractivity contribution in [2.45, 2.75) is 19.9 Å². The van der Waals surface area contributed by atoms with E-state index < -0.39 is 11.9 Å². The molecule has 5 nitrogen and oxygen atoms in total. The van der Waals surface area contributed by atoms with Crippen LogP contribution in [0, 0.1) is 0 Å². The minimum absolute atomic E-state index is 0.123. The van der Waals surface area contributed by atoms with Crippen molar-refractivity contribution < 1.29 is 9.59 Å². The van der Waals surface area contributed by atoms with Gasteiger partial charge in [0.1, 0.15) is 16.3 Å². The van der Waals surface area contributed by atoms with E-state index in [2.05, 4.69) is 15.6 Å². The van der Waals surface area contributed by atoms with E-state index in [1.165, 1.54) is 12.1 Å². The second-order valence-corrected chi connectivity index (χ2v) is 4.37. The molecule has 0 aliphatic carbocycles. The van der Waals surface area contributed by atoms with Crippen molar-refractivity contribution in [3.63, 3.8) is 0 Å². The number of amides is 2. The van der Waals surface area contributed by atoms with E-state index in [0.717, 1.165) is 0 Å². The number of nitrogens with zero attached hydrogens (tertiary/aromatic N) is 1. The lowest BCUT2D eigenvalue weighted by Gasteiger charge is -2.13. The first-order valence-electron chi connectivity index (χ1n) is 5.35. The van der Waals surface area contributed by atoms with Crippen molar-refractivity contribution in [1.82, 2.24) is 15.6 Å². The Morgan fingerprint density at radius 1 is 1.33 bits per heavy atom. The minimum atomic E-state index is -0.636. The summed E-state index contributed by atoms with van der Waals surface area (Å²) in [7, 11) is 0. The van der Waals surface area contributed by atoms with Gasteiger partial charge in [-0.3, -0.25) is 9.59 Å². The van der Waals surface area contributed by atoms with E-state index >= 15 is 0 Å². The van der Waals surface area contributed by atoms with Crippen LogP contribution in [0.2, 0.25) is 10.3 Å². The van der Waals surface area contributed by atoms with E-state index in [-0.39, 0.29) is 21.8 Å². The smallest absolute Gasteiger partial charge is 0.252 e. The maximum Gasteiger partial charge on any atom is 0.252 e. The van der Waals surface area contributed by atoms with Crippen LogP contribution in [-0.4, -0.2) is 29.4 Å². The summed E-state index contributed by atoms with van der Waals surface area (Å²) in [5, 5.41) is 5.39. The van der Waals surface area contributed by atoms with Crippen LogP contribution in [0.5, 0.6) is 0 Å². The molecule has 98 valence electrons. The molecule has 7 heteroatoms. The standard InChI is InChI=1S/C11H13Cl2N3O2/c1-3-14-10(17)6(2)15-11(18)7-4-8(12)16-9(13)5-7/h4-6H,3H2,1-2H3,(H,14,17)(H,15,18). The number of carbonyl (C=O) groups excluding carboxylic acids is 2. The number of pyridine rings is 1. The molecule has 0 saturated carbocycles. The van der Waals surface area contributed by atoms with Crippen LogP contribution in [0.15, 0.2) is 12.1 Å². The van der Waals surface area contributed by atoms with Gasteiger partial charge in [0, 0.05) is 12.1 Å². The Morgan fingerprint density at radius 2 is 1.89 bits per heavy atom. The number of likely N-dealkylation sites (N-methyl/N-ethyl adjacent to an activating group) is 1. The molecule has 1 aromatic heterocycles. The van der Waals surface area contributed by atoms with Gasteiger partial charge in [0.05, 0.1) is 0 Å². The monoisotopic (exact) mass is 289 g/mol. The van der Waals surface area contributed by atoms with Crippen molar-refractivity contribution in [3.8, 4) is 0 Å². The Bertz CT molecular complexity index is 445. The highest BCUT2D eigenvalue weighted by Crippen LogP contribution is 2.14. The third kappa shape index (κ3) is 4.16. The Kier molecular flexibility index (Phi) is 5.37. The summed E-state index contributed by atoms with van der Waals surface area (Å²) in [6.45, 7) is 3.90. The summed E-state index contributed by atoms with van der Waals surface area (Å²) < 4.78 is 0. The first kappa shape index (κ1) is 14.7. The Morgan fingerprint density at radius 3 is 2.39 bits per heavy atom. The quantitative estimate of drug-likeness (QED) is 0.828. The van der Waals surface area contributed by atoms with E-state index in [1.807, 2.05) is 0 Å². The van der Waals surface area contributed by atoms with Gasteiger partial charge in [0.25, 0.3) is 5.91 Å². The number of hydrogen-bond donors (Lipinski definition) is 2. The summed E-state index contributed by atoms with van der Waals surface area (Å²) in [5.41, 5.74) is 0.260. The number of halogens is 2. The predicted molar refractivity (Wildman–Crippen MR) is 69.9 cm³/mol. The zero-order valence-electron chi connectivity index (χ0n) is 9.96. The van der Waals surface area contributed by atoms with Crippen molar-refractivity contribution in [2.24, 2.45) is 0 Å². The number of hydrogen-bond acceptors (Lipinski definition) is 3. The Balaban J connectivity index is 2.73. The van der Waals surface area contributed by atoms with Gasteiger partial charge in [0.2, 0.25) is 5.91 Å². The minimum Gasteiger partial charge on any atom is -0.355 e. The summed E-state index contributed by atoms with van der Waals surface area (Å²) in [6, 6.07) is 2.13. The molecule has 0 aromatic carbocycles. The van der Waals surface area contributed by atoms with Gasteiger partial charge in [0.15, 0.2) is 0 Å². The van der Waals surface area contributed by atoms with Crippen LogP contribution >= 0.6 is 23.2 Å². The molecule has 0 saturated heterocycles. The molecule has 1 aromatic rings. The van der Waals surface area contributed by atoms with Crippen LogP contribution < -0.4 is 10.6 Å². The molecule has 1 atom stereocenters. The highest BCUT2D eigenvalue weighted by atomic mass is 35.5. The topological polar surface area (TPSA) is 71.1 Å². The van der Waals surface area contributed by atoms with Gasteiger partial charge >= 0.3 is 0 Å². The molecule has 2 N–H and O–H groups in total. The van der Waals surface area contributed by atoms with Crippen molar-refractivity contribution in [1.29, 1.82) is 0 Å². The molecule has 1 unspecified atom stereocenters. The van der Waals surface area contributed by atoms with Crippen molar-refractivity contribution >= 4 is 35.0 Å². The fourth-order valence-corrected chi connectivity index (χ4v) is 1.73. The Hall–Kier alpha value is -1.33.